The van der Waals surface area contributed by atoms with E-state index in [1.54, 1.807) is 20.1 Å². The SMILES string of the molecule is COCC(C)Oc1ccc(Cl)cc1S(=O)(=O)NCCC(C)N.Cl. The number of nitrogens with one attached hydrogen (secondary N) is 1. The maximum Gasteiger partial charge on any atom is 0.244 e. The lowest BCUT2D eigenvalue weighted by molar-refractivity contribution is 0.0901. The molecule has 0 aliphatic carbocycles. The van der Waals surface area contributed by atoms with Crippen molar-refractivity contribution in [2.75, 3.05) is 20.3 Å². The molecule has 0 heterocycles. The summed E-state index contributed by atoms with van der Waals surface area (Å²) in [6.07, 6.45) is 0.250. The molecular weight excluding hydrogens is 363 g/mol. The van der Waals surface area contributed by atoms with Crippen LogP contribution in [0.4, 0.5) is 0 Å². The number of ether oxygens (including phenoxy) is 2. The molecule has 23 heavy (non-hydrogen) atoms. The highest BCUT2D eigenvalue weighted by Gasteiger charge is 2.21. The Bertz CT molecular complexity index is 582. The molecule has 1 aromatic rings. The number of methoxy groups -OCH3 is 1. The maximum atomic E-state index is 12.4. The molecule has 134 valence electrons. The molecule has 9 heteroatoms. The Labute approximate surface area is 149 Å². The van der Waals surface area contributed by atoms with Crippen molar-refractivity contribution in [1.29, 1.82) is 0 Å². The first-order valence-electron chi connectivity index (χ1n) is 6.96. The van der Waals surface area contributed by atoms with Crippen LogP contribution in [-0.4, -0.2) is 40.8 Å². The fourth-order valence-corrected chi connectivity index (χ4v) is 3.22. The summed E-state index contributed by atoms with van der Waals surface area (Å²) in [6, 6.07) is 4.40. The van der Waals surface area contributed by atoms with Gasteiger partial charge in [-0.2, -0.15) is 0 Å². The third-order valence-electron chi connectivity index (χ3n) is 2.82. The minimum Gasteiger partial charge on any atom is -0.487 e. The van der Waals surface area contributed by atoms with Gasteiger partial charge in [0.2, 0.25) is 10.0 Å². The van der Waals surface area contributed by atoms with Crippen molar-refractivity contribution in [2.45, 2.75) is 37.3 Å². The molecule has 0 spiro atoms. The van der Waals surface area contributed by atoms with Crippen LogP contribution in [0.5, 0.6) is 5.75 Å². The molecule has 0 radical (unpaired) electrons. The summed E-state index contributed by atoms with van der Waals surface area (Å²) in [6.45, 7) is 4.20. The molecule has 0 fully saturated rings. The van der Waals surface area contributed by atoms with Crippen LogP contribution in [0, 0.1) is 0 Å². The summed E-state index contributed by atoms with van der Waals surface area (Å²) in [7, 11) is -2.17. The first-order valence-corrected chi connectivity index (χ1v) is 8.82. The highest BCUT2D eigenvalue weighted by molar-refractivity contribution is 7.89. The van der Waals surface area contributed by atoms with E-state index >= 15 is 0 Å². The quantitative estimate of drug-likeness (QED) is 0.678. The number of halogens is 2. The minimum atomic E-state index is -3.73. The first kappa shape index (κ1) is 22.4. The van der Waals surface area contributed by atoms with Crippen molar-refractivity contribution in [1.82, 2.24) is 4.72 Å². The summed E-state index contributed by atoms with van der Waals surface area (Å²) in [5.41, 5.74) is 5.62. The van der Waals surface area contributed by atoms with Gasteiger partial charge in [0.15, 0.2) is 0 Å². The maximum absolute atomic E-state index is 12.4. The van der Waals surface area contributed by atoms with Crippen molar-refractivity contribution < 1.29 is 17.9 Å². The Morgan fingerprint density at radius 1 is 1.35 bits per heavy atom. The van der Waals surface area contributed by atoms with Crippen molar-refractivity contribution in [3.05, 3.63) is 23.2 Å². The molecule has 1 aromatic carbocycles. The summed E-state index contributed by atoms with van der Waals surface area (Å²) in [5, 5.41) is 0.319. The topological polar surface area (TPSA) is 90.6 Å². The van der Waals surface area contributed by atoms with Crippen molar-refractivity contribution in [2.24, 2.45) is 5.73 Å². The summed E-state index contributed by atoms with van der Waals surface area (Å²) < 4.78 is 37.9. The van der Waals surface area contributed by atoms with Gasteiger partial charge in [0.05, 0.1) is 6.61 Å². The molecule has 1 rings (SSSR count). The predicted molar refractivity (Wildman–Crippen MR) is 94.1 cm³/mol. The van der Waals surface area contributed by atoms with Crippen molar-refractivity contribution >= 4 is 34.0 Å². The lowest BCUT2D eigenvalue weighted by Crippen LogP contribution is -2.30. The van der Waals surface area contributed by atoms with Crippen LogP contribution in [0.25, 0.3) is 0 Å². The smallest absolute Gasteiger partial charge is 0.244 e. The van der Waals surface area contributed by atoms with E-state index in [2.05, 4.69) is 4.72 Å². The molecule has 0 aliphatic rings. The third-order valence-corrected chi connectivity index (χ3v) is 4.53. The molecular formula is C14H24Cl2N2O4S. The fourth-order valence-electron chi connectivity index (χ4n) is 1.77. The molecule has 2 atom stereocenters. The van der Waals surface area contributed by atoms with E-state index in [1.165, 1.54) is 12.1 Å². The molecule has 0 aromatic heterocycles. The number of nitrogens with two attached hydrogens (primary N) is 1. The molecule has 0 aliphatic heterocycles. The second kappa shape index (κ2) is 10.3. The first-order chi connectivity index (χ1) is 10.3. The molecule has 0 saturated heterocycles. The Kier molecular flexibility index (Phi) is 10.1. The van der Waals surface area contributed by atoms with Gasteiger partial charge in [-0.25, -0.2) is 13.1 Å². The number of rotatable bonds is 9. The Balaban J connectivity index is 0.00000484. The zero-order valence-electron chi connectivity index (χ0n) is 13.4. The zero-order chi connectivity index (χ0) is 16.8. The molecule has 0 bridgehead atoms. The number of benzene rings is 1. The lowest BCUT2D eigenvalue weighted by Gasteiger charge is -2.17. The second-order valence-electron chi connectivity index (χ2n) is 5.14. The van der Waals surface area contributed by atoms with Crippen LogP contribution in [0.2, 0.25) is 5.02 Å². The van der Waals surface area contributed by atoms with Crippen LogP contribution in [0.3, 0.4) is 0 Å². The molecule has 0 amide bonds. The van der Waals surface area contributed by atoms with E-state index in [0.717, 1.165) is 0 Å². The molecule has 3 N–H and O–H groups in total. The monoisotopic (exact) mass is 386 g/mol. The van der Waals surface area contributed by atoms with E-state index in [-0.39, 0.29) is 41.7 Å². The van der Waals surface area contributed by atoms with Crippen LogP contribution >= 0.6 is 24.0 Å². The van der Waals surface area contributed by atoms with E-state index in [9.17, 15) is 8.42 Å². The van der Waals surface area contributed by atoms with E-state index in [4.69, 9.17) is 26.8 Å². The summed E-state index contributed by atoms with van der Waals surface area (Å²) in [5.74, 6) is 0.238. The van der Waals surface area contributed by atoms with Crippen LogP contribution in [-0.2, 0) is 14.8 Å². The van der Waals surface area contributed by atoms with Gasteiger partial charge in [-0.1, -0.05) is 11.6 Å². The normalized spacial score (nSPS) is 14.0. The third kappa shape index (κ3) is 7.69. The van der Waals surface area contributed by atoms with Crippen LogP contribution in [0.15, 0.2) is 23.1 Å². The van der Waals surface area contributed by atoms with E-state index in [1.807, 2.05) is 6.92 Å². The standard InChI is InChI=1S/C14H23ClN2O4S.ClH/c1-10(16)6-7-17-22(18,19)14-8-12(15)4-5-13(14)21-11(2)9-20-3;/h4-5,8,10-11,17H,6-7,9,16H2,1-3H3;1H. The average Bonchev–Trinajstić information content (AvgIpc) is 2.40. The highest BCUT2D eigenvalue weighted by Crippen LogP contribution is 2.28. The summed E-state index contributed by atoms with van der Waals surface area (Å²) in [4.78, 5) is 0.00706. The average molecular weight is 387 g/mol. The fraction of sp³-hybridized carbons (Fsp3) is 0.571. The van der Waals surface area contributed by atoms with Gasteiger partial charge >= 0.3 is 0 Å². The Morgan fingerprint density at radius 2 is 2.00 bits per heavy atom. The minimum absolute atomic E-state index is 0. The van der Waals surface area contributed by atoms with Gasteiger partial charge < -0.3 is 15.2 Å². The number of hydrogen-bond acceptors (Lipinski definition) is 5. The Hall–Kier alpha value is -0.570. The van der Waals surface area contributed by atoms with Gasteiger partial charge in [0.25, 0.3) is 0 Å². The van der Waals surface area contributed by atoms with E-state index in [0.29, 0.717) is 18.1 Å². The highest BCUT2D eigenvalue weighted by atomic mass is 35.5. The van der Waals surface area contributed by atoms with E-state index < -0.39 is 10.0 Å². The van der Waals surface area contributed by atoms with Crippen LogP contribution < -0.4 is 15.2 Å². The number of sulfonamides is 1. The van der Waals surface area contributed by atoms with Crippen LogP contribution in [0.1, 0.15) is 20.3 Å². The van der Waals surface area contributed by atoms with Gasteiger partial charge in [0, 0.05) is 24.7 Å². The van der Waals surface area contributed by atoms with Crippen molar-refractivity contribution in [3.8, 4) is 5.75 Å². The lowest BCUT2D eigenvalue weighted by atomic mass is 10.3. The van der Waals surface area contributed by atoms with Crippen molar-refractivity contribution in [3.63, 3.8) is 0 Å². The van der Waals surface area contributed by atoms with Gasteiger partial charge in [-0.3, -0.25) is 0 Å². The molecule has 2 unspecified atom stereocenters. The predicted octanol–water partition coefficient (Wildman–Crippen LogP) is 2.19. The number of hydrogen-bond donors (Lipinski definition) is 2. The molecule has 6 nitrogen and oxygen atoms in total. The van der Waals surface area contributed by atoms with Gasteiger partial charge in [0.1, 0.15) is 16.7 Å². The second-order valence-corrected chi connectivity index (χ2v) is 7.31. The largest absolute Gasteiger partial charge is 0.487 e. The Morgan fingerprint density at radius 3 is 2.57 bits per heavy atom. The zero-order valence-corrected chi connectivity index (χ0v) is 15.8. The summed E-state index contributed by atoms with van der Waals surface area (Å²) >= 11 is 5.91. The van der Waals surface area contributed by atoms with Gasteiger partial charge in [-0.15, -0.1) is 12.4 Å². The van der Waals surface area contributed by atoms with Gasteiger partial charge in [-0.05, 0) is 38.5 Å². The molecule has 0 saturated carbocycles.